The Morgan fingerprint density at radius 1 is 1.12 bits per heavy atom. The summed E-state index contributed by atoms with van der Waals surface area (Å²) in [4.78, 5) is 20.9. The number of carbonyl (C=O) groups excluding carboxylic acids is 2. The standard InChI is InChI=1S/C9H17O.C4H7O.W/c1-5-6-7-8(10)9(2,3)4;1-3-4(2)5;/h1,5-7H2,2-4H3;1,3H2,2H3;/q2*-1;+2. The molecule has 0 unspecified atom stereocenters. The number of carbonyl (C=O) groups is 2. The fraction of sp³-hybridized carbons (Fsp3) is 0.692. The van der Waals surface area contributed by atoms with E-state index >= 15 is 0 Å². The van der Waals surface area contributed by atoms with Crippen LogP contribution in [0.5, 0.6) is 0 Å². The van der Waals surface area contributed by atoms with Crippen LogP contribution in [0, 0.1) is 19.3 Å². The molecule has 0 spiro atoms. The van der Waals surface area contributed by atoms with Crippen molar-refractivity contribution in [3.05, 3.63) is 13.8 Å². The van der Waals surface area contributed by atoms with Crippen LogP contribution in [0.1, 0.15) is 53.4 Å². The maximum atomic E-state index is 11.2. The van der Waals surface area contributed by atoms with Gasteiger partial charge in [0.2, 0.25) is 0 Å². The quantitative estimate of drug-likeness (QED) is 0.683. The molecule has 0 saturated heterocycles. The van der Waals surface area contributed by atoms with Crippen LogP contribution in [0.15, 0.2) is 0 Å². The van der Waals surface area contributed by atoms with Gasteiger partial charge in [0.1, 0.15) is 5.78 Å². The average Bonchev–Trinajstić information content (AvgIpc) is 2.13. The second kappa shape index (κ2) is 11.5. The molecule has 0 rings (SSSR count). The summed E-state index contributed by atoms with van der Waals surface area (Å²) in [6, 6.07) is 0. The first-order chi connectivity index (χ1) is 6.75. The molecule has 0 heterocycles. The zero-order chi connectivity index (χ0) is 12.5. The molecule has 0 aliphatic heterocycles. The summed E-state index contributed by atoms with van der Waals surface area (Å²) < 4.78 is 0. The van der Waals surface area contributed by atoms with Crippen molar-refractivity contribution in [2.24, 2.45) is 5.41 Å². The van der Waals surface area contributed by atoms with E-state index in [-0.39, 0.29) is 32.3 Å². The van der Waals surface area contributed by atoms with E-state index in [9.17, 15) is 9.59 Å². The van der Waals surface area contributed by atoms with Crippen molar-refractivity contribution in [3.8, 4) is 0 Å². The Bertz CT molecular complexity index is 193. The molecular formula is C13H24O2W. The molecule has 0 aromatic rings. The third-order valence-corrected chi connectivity index (χ3v) is 1.84. The van der Waals surface area contributed by atoms with Gasteiger partial charge in [-0.1, -0.05) is 27.2 Å². The molecule has 16 heavy (non-hydrogen) atoms. The van der Waals surface area contributed by atoms with Crippen molar-refractivity contribution < 1.29 is 30.7 Å². The molecule has 2 nitrogen and oxygen atoms in total. The van der Waals surface area contributed by atoms with Gasteiger partial charge in [-0.15, -0.1) is 6.42 Å². The van der Waals surface area contributed by atoms with Gasteiger partial charge in [0, 0.05) is 11.8 Å². The summed E-state index contributed by atoms with van der Waals surface area (Å²) in [7, 11) is 0. The Balaban J connectivity index is -0.000000242. The molecule has 0 radical (unpaired) electrons. The minimum atomic E-state index is -0.158. The summed E-state index contributed by atoms with van der Waals surface area (Å²) in [5.41, 5.74) is -0.158. The van der Waals surface area contributed by atoms with Crippen LogP contribution in [0.4, 0.5) is 0 Å². The predicted octanol–water partition coefficient (Wildman–Crippen LogP) is 3.40. The molecule has 0 N–H and O–H groups in total. The SMILES string of the molecule is [CH2-]CC(C)=O.[CH2-]CCCC(=O)C(C)(C)C.[W+2]. The Kier molecular flexibility index (Phi) is 15.3. The van der Waals surface area contributed by atoms with Crippen LogP contribution in [-0.2, 0) is 30.7 Å². The number of hydrogen-bond acceptors (Lipinski definition) is 2. The van der Waals surface area contributed by atoms with Crippen LogP contribution in [-0.4, -0.2) is 11.6 Å². The fourth-order valence-corrected chi connectivity index (χ4v) is 0.661. The molecule has 0 saturated carbocycles. The minimum Gasteiger partial charge on any atom is -0.343 e. The van der Waals surface area contributed by atoms with Gasteiger partial charge >= 0.3 is 21.1 Å². The van der Waals surface area contributed by atoms with Crippen molar-refractivity contribution in [1.82, 2.24) is 0 Å². The van der Waals surface area contributed by atoms with E-state index in [2.05, 4.69) is 13.8 Å². The summed E-state index contributed by atoms with van der Waals surface area (Å²) in [5, 5.41) is 0. The van der Waals surface area contributed by atoms with E-state index in [1.807, 2.05) is 20.8 Å². The van der Waals surface area contributed by atoms with Gasteiger partial charge in [-0.25, -0.2) is 0 Å². The van der Waals surface area contributed by atoms with Gasteiger partial charge in [-0.05, 0) is 6.92 Å². The summed E-state index contributed by atoms with van der Waals surface area (Å²) in [6.07, 6.45) is 2.89. The van der Waals surface area contributed by atoms with Crippen molar-refractivity contribution in [1.29, 1.82) is 0 Å². The van der Waals surface area contributed by atoms with E-state index < -0.39 is 0 Å². The molecular weight excluding hydrogens is 372 g/mol. The summed E-state index contributed by atoms with van der Waals surface area (Å²) in [5.74, 6) is 0.487. The maximum Gasteiger partial charge on any atom is 2.00 e. The average molecular weight is 396 g/mol. The molecule has 0 amide bonds. The van der Waals surface area contributed by atoms with E-state index in [1.165, 1.54) is 6.92 Å². The number of rotatable bonds is 4. The predicted molar refractivity (Wildman–Crippen MR) is 64.3 cm³/mol. The topological polar surface area (TPSA) is 34.1 Å². The Hall–Kier alpha value is 0.0283. The molecule has 0 aliphatic rings. The fourth-order valence-electron chi connectivity index (χ4n) is 0.661. The van der Waals surface area contributed by atoms with Crippen molar-refractivity contribution >= 4 is 11.6 Å². The normalized spacial score (nSPS) is 9.62. The van der Waals surface area contributed by atoms with Crippen LogP contribution in [0.3, 0.4) is 0 Å². The maximum absolute atomic E-state index is 11.2. The molecule has 0 aromatic heterocycles. The first kappa shape index (κ1) is 21.3. The molecule has 0 fully saturated rings. The molecule has 0 bridgehead atoms. The zero-order valence-corrected chi connectivity index (χ0v) is 13.9. The minimum absolute atomic E-state index is 0. The summed E-state index contributed by atoms with van der Waals surface area (Å²) in [6.45, 7) is 14.4. The Labute approximate surface area is 115 Å². The van der Waals surface area contributed by atoms with E-state index in [0.717, 1.165) is 12.8 Å². The smallest absolute Gasteiger partial charge is 0.343 e. The van der Waals surface area contributed by atoms with Gasteiger partial charge in [0.15, 0.2) is 0 Å². The van der Waals surface area contributed by atoms with Gasteiger partial charge in [-0.3, -0.25) is 4.79 Å². The van der Waals surface area contributed by atoms with Gasteiger partial charge in [0.25, 0.3) is 0 Å². The van der Waals surface area contributed by atoms with Gasteiger partial charge < -0.3 is 18.6 Å². The van der Waals surface area contributed by atoms with Crippen molar-refractivity contribution in [2.75, 3.05) is 0 Å². The van der Waals surface area contributed by atoms with Gasteiger partial charge in [-0.2, -0.15) is 6.42 Å². The van der Waals surface area contributed by atoms with E-state index in [1.54, 1.807) is 0 Å². The summed E-state index contributed by atoms with van der Waals surface area (Å²) >= 11 is 0. The van der Waals surface area contributed by atoms with Crippen LogP contribution >= 0.6 is 0 Å². The molecule has 94 valence electrons. The molecule has 0 atom stereocenters. The molecule has 0 aromatic carbocycles. The van der Waals surface area contributed by atoms with Crippen molar-refractivity contribution in [3.63, 3.8) is 0 Å². The van der Waals surface area contributed by atoms with Gasteiger partial charge in [0.05, 0.1) is 5.78 Å². The van der Waals surface area contributed by atoms with E-state index in [0.29, 0.717) is 18.6 Å². The number of ketones is 2. The Morgan fingerprint density at radius 3 is 1.69 bits per heavy atom. The Morgan fingerprint density at radius 2 is 1.50 bits per heavy atom. The number of hydrogen-bond donors (Lipinski definition) is 0. The number of unbranched alkanes of at least 4 members (excludes halogenated alkanes) is 1. The van der Waals surface area contributed by atoms with Crippen LogP contribution < -0.4 is 0 Å². The number of Topliss-reactive ketones (excluding diaryl/α,β-unsaturated/α-hetero) is 2. The van der Waals surface area contributed by atoms with E-state index in [4.69, 9.17) is 0 Å². The molecule has 0 aliphatic carbocycles. The third-order valence-electron chi connectivity index (χ3n) is 1.84. The molecule has 3 heteroatoms. The monoisotopic (exact) mass is 396 g/mol. The second-order valence-electron chi connectivity index (χ2n) is 4.58. The van der Waals surface area contributed by atoms with Crippen molar-refractivity contribution in [2.45, 2.75) is 53.4 Å². The second-order valence-corrected chi connectivity index (χ2v) is 4.58. The van der Waals surface area contributed by atoms with Crippen LogP contribution in [0.25, 0.3) is 0 Å². The first-order valence-electron chi connectivity index (χ1n) is 5.37. The third kappa shape index (κ3) is 16.5. The first-order valence-corrected chi connectivity index (χ1v) is 5.37. The zero-order valence-electron chi connectivity index (χ0n) is 11.0. The van der Waals surface area contributed by atoms with Crippen LogP contribution in [0.2, 0.25) is 0 Å². The largest absolute Gasteiger partial charge is 2.00 e.